The van der Waals surface area contributed by atoms with Crippen molar-refractivity contribution in [2.75, 3.05) is 19.6 Å². The van der Waals surface area contributed by atoms with Gasteiger partial charge >= 0.3 is 0 Å². The van der Waals surface area contributed by atoms with Gasteiger partial charge in [0.25, 0.3) is 5.91 Å². The van der Waals surface area contributed by atoms with Gasteiger partial charge in [-0.3, -0.25) is 9.59 Å². The molecule has 2 aliphatic rings. The zero-order valence-corrected chi connectivity index (χ0v) is 20.3. The van der Waals surface area contributed by atoms with Crippen molar-refractivity contribution in [3.8, 4) is 6.07 Å². The molecule has 178 valence electrons. The predicted octanol–water partition coefficient (Wildman–Crippen LogP) is 3.76. The van der Waals surface area contributed by atoms with E-state index in [1.807, 2.05) is 4.90 Å². The summed E-state index contributed by atoms with van der Waals surface area (Å²) in [6, 6.07) is 17.2. The second-order valence-electron chi connectivity index (χ2n) is 10.5. The van der Waals surface area contributed by atoms with Crippen molar-refractivity contribution in [2.45, 2.75) is 58.0 Å². The van der Waals surface area contributed by atoms with Crippen LogP contribution in [0, 0.1) is 23.7 Å². The van der Waals surface area contributed by atoms with Crippen LogP contribution in [-0.2, 0) is 4.79 Å². The largest absolute Gasteiger partial charge is 0.340 e. The second kappa shape index (κ2) is 9.99. The summed E-state index contributed by atoms with van der Waals surface area (Å²) in [7, 11) is 0. The van der Waals surface area contributed by atoms with Crippen LogP contribution in [0.5, 0.6) is 0 Å². The molecule has 6 heteroatoms. The highest BCUT2D eigenvalue weighted by Gasteiger charge is 2.40. The molecule has 0 radical (unpaired) electrons. The molecule has 0 aromatic heterocycles. The number of aryl methyl sites for hydroxylation is 1. The molecule has 1 aliphatic heterocycles. The van der Waals surface area contributed by atoms with Gasteiger partial charge in [-0.1, -0.05) is 43.7 Å². The van der Waals surface area contributed by atoms with Gasteiger partial charge in [0.2, 0.25) is 5.91 Å². The first-order valence-electron chi connectivity index (χ1n) is 12.2. The molecule has 2 fully saturated rings. The molecule has 1 saturated heterocycles. The van der Waals surface area contributed by atoms with Gasteiger partial charge in [0.05, 0.1) is 11.6 Å². The standard InChI is InChI=1S/C28H34N4O2/c1-19-6-10-21(11-7-19)23-15-25(23)30-14-4-5-24(27(34)32-17-28(2,3)18-32)31-26(33)22-12-8-20(16-29)9-13-22/h6-13,23-25,30H,4-5,14-15,17-18H2,1-3H3,(H,31,33)/t23-,24-,25+/m0/s1. The lowest BCUT2D eigenvalue weighted by molar-refractivity contribution is -0.143. The summed E-state index contributed by atoms with van der Waals surface area (Å²) in [6.45, 7) is 8.64. The SMILES string of the molecule is Cc1ccc([C@@H]2C[C@H]2NCCC[C@H](NC(=O)c2ccc(C#N)cc2)C(=O)N2CC(C)(C)C2)cc1. The van der Waals surface area contributed by atoms with Crippen molar-refractivity contribution in [1.29, 1.82) is 5.26 Å². The highest BCUT2D eigenvalue weighted by molar-refractivity contribution is 5.97. The minimum Gasteiger partial charge on any atom is -0.340 e. The van der Waals surface area contributed by atoms with Gasteiger partial charge in [-0.25, -0.2) is 0 Å². The first-order valence-corrected chi connectivity index (χ1v) is 12.2. The van der Waals surface area contributed by atoms with E-state index in [0.717, 1.165) is 19.4 Å². The minimum absolute atomic E-state index is 0.00901. The van der Waals surface area contributed by atoms with E-state index in [1.54, 1.807) is 24.3 Å². The Balaban J connectivity index is 1.30. The Bertz CT molecular complexity index is 1060. The number of nitrogens with one attached hydrogen (secondary N) is 2. The van der Waals surface area contributed by atoms with E-state index in [1.165, 1.54) is 11.1 Å². The number of amides is 2. The molecule has 4 rings (SSSR count). The van der Waals surface area contributed by atoms with Gasteiger partial charge in [0.15, 0.2) is 0 Å². The van der Waals surface area contributed by atoms with E-state index in [2.05, 4.69) is 61.7 Å². The van der Waals surface area contributed by atoms with Gasteiger partial charge in [-0.05, 0) is 68.0 Å². The summed E-state index contributed by atoms with van der Waals surface area (Å²) in [5.41, 5.74) is 3.75. The normalized spacial score (nSPS) is 21.2. The van der Waals surface area contributed by atoms with Crippen LogP contribution in [0.4, 0.5) is 0 Å². The van der Waals surface area contributed by atoms with Gasteiger partial charge in [-0.2, -0.15) is 5.26 Å². The fraction of sp³-hybridized carbons (Fsp3) is 0.464. The van der Waals surface area contributed by atoms with Crippen LogP contribution in [-0.4, -0.2) is 48.4 Å². The number of rotatable bonds is 9. The molecule has 0 spiro atoms. The van der Waals surface area contributed by atoms with Gasteiger partial charge < -0.3 is 15.5 Å². The summed E-state index contributed by atoms with van der Waals surface area (Å²) in [5.74, 6) is 0.278. The van der Waals surface area contributed by atoms with E-state index in [4.69, 9.17) is 5.26 Å². The quantitative estimate of drug-likeness (QED) is 0.561. The lowest BCUT2D eigenvalue weighted by atomic mass is 9.84. The smallest absolute Gasteiger partial charge is 0.251 e. The lowest BCUT2D eigenvalue weighted by Crippen LogP contribution is -2.60. The molecule has 1 heterocycles. The summed E-state index contributed by atoms with van der Waals surface area (Å²) in [5, 5.41) is 15.5. The molecule has 3 atom stereocenters. The van der Waals surface area contributed by atoms with Gasteiger partial charge in [0.1, 0.15) is 6.04 Å². The molecular formula is C28H34N4O2. The maximum Gasteiger partial charge on any atom is 0.251 e. The van der Waals surface area contributed by atoms with Crippen LogP contribution in [0.25, 0.3) is 0 Å². The Morgan fingerprint density at radius 2 is 1.79 bits per heavy atom. The van der Waals surface area contributed by atoms with E-state index < -0.39 is 6.04 Å². The van der Waals surface area contributed by atoms with E-state index in [9.17, 15) is 9.59 Å². The summed E-state index contributed by atoms with van der Waals surface area (Å²) < 4.78 is 0. The number of likely N-dealkylation sites (tertiary alicyclic amines) is 1. The van der Waals surface area contributed by atoms with Crippen LogP contribution in [0.1, 0.15) is 66.1 Å². The van der Waals surface area contributed by atoms with E-state index in [-0.39, 0.29) is 17.2 Å². The van der Waals surface area contributed by atoms with Crippen LogP contribution >= 0.6 is 0 Å². The van der Waals surface area contributed by atoms with Gasteiger partial charge in [0, 0.05) is 30.6 Å². The van der Waals surface area contributed by atoms with Crippen molar-refractivity contribution in [3.63, 3.8) is 0 Å². The number of nitriles is 1. The Kier molecular flexibility index (Phi) is 7.04. The fourth-order valence-corrected chi connectivity index (χ4v) is 4.75. The number of hydrogen-bond acceptors (Lipinski definition) is 4. The number of carbonyl (C=O) groups is 2. The first-order chi connectivity index (χ1) is 16.3. The fourth-order valence-electron chi connectivity index (χ4n) is 4.75. The summed E-state index contributed by atoms with van der Waals surface area (Å²) >= 11 is 0. The van der Waals surface area contributed by atoms with Crippen LogP contribution < -0.4 is 10.6 Å². The monoisotopic (exact) mass is 458 g/mol. The Morgan fingerprint density at radius 1 is 1.12 bits per heavy atom. The average Bonchev–Trinajstić information content (AvgIpc) is 3.59. The Labute approximate surface area is 202 Å². The zero-order chi connectivity index (χ0) is 24.3. The predicted molar refractivity (Wildman–Crippen MR) is 132 cm³/mol. The van der Waals surface area contributed by atoms with Crippen molar-refractivity contribution < 1.29 is 9.59 Å². The molecule has 0 unspecified atom stereocenters. The Morgan fingerprint density at radius 3 is 2.41 bits per heavy atom. The molecule has 2 aromatic rings. The van der Waals surface area contributed by atoms with Gasteiger partial charge in [-0.15, -0.1) is 0 Å². The molecule has 6 nitrogen and oxygen atoms in total. The molecular weight excluding hydrogens is 424 g/mol. The molecule has 2 aromatic carbocycles. The summed E-state index contributed by atoms with van der Waals surface area (Å²) in [6.07, 6.45) is 2.54. The molecule has 1 saturated carbocycles. The maximum atomic E-state index is 13.1. The second-order valence-corrected chi connectivity index (χ2v) is 10.5. The zero-order valence-electron chi connectivity index (χ0n) is 20.3. The molecule has 0 bridgehead atoms. The van der Waals surface area contributed by atoms with E-state index in [0.29, 0.717) is 42.6 Å². The first kappa shape index (κ1) is 24.0. The number of benzene rings is 2. The lowest BCUT2D eigenvalue weighted by Gasteiger charge is -2.47. The molecule has 2 amide bonds. The highest BCUT2D eigenvalue weighted by Crippen LogP contribution is 2.40. The summed E-state index contributed by atoms with van der Waals surface area (Å²) in [4.78, 5) is 27.8. The Hall–Kier alpha value is -3.17. The van der Waals surface area contributed by atoms with Crippen LogP contribution in [0.3, 0.4) is 0 Å². The van der Waals surface area contributed by atoms with E-state index >= 15 is 0 Å². The maximum absolute atomic E-state index is 13.1. The number of carbonyl (C=O) groups excluding carboxylic acids is 2. The third-order valence-electron chi connectivity index (χ3n) is 6.80. The highest BCUT2D eigenvalue weighted by atomic mass is 16.2. The number of hydrogen-bond donors (Lipinski definition) is 2. The topological polar surface area (TPSA) is 85.2 Å². The van der Waals surface area contributed by atoms with Crippen molar-refractivity contribution in [2.24, 2.45) is 5.41 Å². The van der Waals surface area contributed by atoms with Crippen LogP contribution in [0.2, 0.25) is 0 Å². The molecule has 2 N–H and O–H groups in total. The van der Waals surface area contributed by atoms with Crippen LogP contribution in [0.15, 0.2) is 48.5 Å². The van der Waals surface area contributed by atoms with Crippen molar-refractivity contribution >= 4 is 11.8 Å². The molecule has 34 heavy (non-hydrogen) atoms. The van der Waals surface area contributed by atoms with Crippen molar-refractivity contribution in [3.05, 3.63) is 70.8 Å². The molecule has 1 aliphatic carbocycles. The minimum atomic E-state index is -0.548. The third kappa shape index (κ3) is 5.84. The van der Waals surface area contributed by atoms with Crippen molar-refractivity contribution in [1.82, 2.24) is 15.5 Å². The number of nitrogens with zero attached hydrogens (tertiary/aromatic N) is 2. The average molecular weight is 459 g/mol. The third-order valence-corrected chi connectivity index (χ3v) is 6.80.